The molecule has 0 spiro atoms. The minimum atomic E-state index is -0.732. The standard InChI is InChI=1S/C41H67NO4/c1-6-7-8-9-10-11-12-13-14-15-16-17-18-19-20-21-22-23-24-25-40(44)46-39-32-35(37(43)33-42-41(3,4)5)28-31-38(39)45-36-29-26-34(2)27-30-36/h26-32,37,42-43H,6-25,33H2,1-5H3. The summed E-state index contributed by atoms with van der Waals surface area (Å²) in [5.41, 5.74) is 1.71. The third-order valence-corrected chi connectivity index (χ3v) is 8.64. The molecule has 0 fully saturated rings. The van der Waals surface area contributed by atoms with Crippen molar-refractivity contribution in [2.24, 2.45) is 0 Å². The van der Waals surface area contributed by atoms with E-state index in [0.717, 1.165) is 24.8 Å². The molecule has 0 aromatic heterocycles. The van der Waals surface area contributed by atoms with E-state index in [9.17, 15) is 9.90 Å². The van der Waals surface area contributed by atoms with Crippen LogP contribution >= 0.6 is 0 Å². The predicted octanol–water partition coefficient (Wildman–Crippen LogP) is 11.9. The second kappa shape index (κ2) is 23.9. The van der Waals surface area contributed by atoms with Crippen LogP contribution in [-0.4, -0.2) is 23.2 Å². The topological polar surface area (TPSA) is 67.8 Å². The predicted molar refractivity (Wildman–Crippen MR) is 194 cm³/mol. The SMILES string of the molecule is CCCCCCCCCCCCCCCCCCCCCC(=O)Oc1cc(C(O)CNC(C)(C)C)ccc1Oc1ccc(C)cc1. The summed E-state index contributed by atoms with van der Waals surface area (Å²) in [6.07, 6.45) is 24.8. The molecule has 1 atom stereocenters. The third kappa shape index (κ3) is 19.3. The molecule has 2 N–H and O–H groups in total. The van der Waals surface area contributed by atoms with Crippen molar-refractivity contribution in [2.75, 3.05) is 6.54 Å². The van der Waals surface area contributed by atoms with Gasteiger partial charge in [-0.1, -0.05) is 146 Å². The molecule has 5 heteroatoms. The van der Waals surface area contributed by atoms with Gasteiger partial charge in [0.1, 0.15) is 5.75 Å². The molecule has 0 bridgehead atoms. The lowest BCUT2D eigenvalue weighted by molar-refractivity contribution is -0.134. The van der Waals surface area contributed by atoms with E-state index in [0.29, 0.717) is 35.8 Å². The van der Waals surface area contributed by atoms with E-state index in [4.69, 9.17) is 9.47 Å². The van der Waals surface area contributed by atoms with Crippen LogP contribution in [0.1, 0.15) is 173 Å². The Morgan fingerprint density at radius 3 is 1.65 bits per heavy atom. The summed E-state index contributed by atoms with van der Waals surface area (Å²) in [4.78, 5) is 12.8. The van der Waals surface area contributed by atoms with Gasteiger partial charge in [-0.3, -0.25) is 4.79 Å². The Labute approximate surface area is 282 Å². The molecule has 0 saturated heterocycles. The summed E-state index contributed by atoms with van der Waals surface area (Å²) < 4.78 is 11.9. The van der Waals surface area contributed by atoms with Crippen molar-refractivity contribution in [3.05, 3.63) is 53.6 Å². The molecule has 2 rings (SSSR count). The number of carbonyl (C=O) groups excluding carboxylic acids is 1. The Balaban J connectivity index is 1.63. The highest BCUT2D eigenvalue weighted by Crippen LogP contribution is 2.35. The molecule has 260 valence electrons. The fourth-order valence-electron chi connectivity index (χ4n) is 5.67. The van der Waals surface area contributed by atoms with Gasteiger partial charge in [0.15, 0.2) is 11.5 Å². The van der Waals surface area contributed by atoms with E-state index < -0.39 is 6.10 Å². The van der Waals surface area contributed by atoms with Gasteiger partial charge in [0, 0.05) is 18.5 Å². The fraction of sp³-hybridized carbons (Fsp3) is 0.683. The highest BCUT2D eigenvalue weighted by Gasteiger charge is 2.18. The highest BCUT2D eigenvalue weighted by atomic mass is 16.6. The molecule has 0 heterocycles. The Morgan fingerprint density at radius 2 is 1.17 bits per heavy atom. The molecule has 0 aliphatic carbocycles. The van der Waals surface area contributed by atoms with Crippen LogP contribution in [0.25, 0.3) is 0 Å². The molecular weight excluding hydrogens is 570 g/mol. The van der Waals surface area contributed by atoms with Gasteiger partial charge < -0.3 is 19.9 Å². The molecule has 46 heavy (non-hydrogen) atoms. The first-order valence-electron chi connectivity index (χ1n) is 18.7. The van der Waals surface area contributed by atoms with E-state index in [-0.39, 0.29) is 11.5 Å². The fourth-order valence-corrected chi connectivity index (χ4v) is 5.67. The maximum Gasteiger partial charge on any atom is 0.311 e. The van der Waals surface area contributed by atoms with Crippen molar-refractivity contribution in [1.29, 1.82) is 0 Å². The van der Waals surface area contributed by atoms with Crippen molar-refractivity contribution < 1.29 is 19.4 Å². The molecule has 1 unspecified atom stereocenters. The maximum atomic E-state index is 12.8. The number of unbranched alkanes of at least 4 members (excludes halogenated alkanes) is 18. The Bertz CT molecular complexity index is 1060. The third-order valence-electron chi connectivity index (χ3n) is 8.64. The van der Waals surface area contributed by atoms with E-state index >= 15 is 0 Å². The van der Waals surface area contributed by atoms with Crippen LogP contribution in [0, 0.1) is 6.92 Å². The number of rotatable bonds is 26. The number of aliphatic hydroxyl groups excluding tert-OH is 1. The molecular formula is C41H67NO4. The summed E-state index contributed by atoms with van der Waals surface area (Å²) >= 11 is 0. The second-order valence-electron chi connectivity index (χ2n) is 14.4. The number of aliphatic hydroxyl groups is 1. The van der Waals surface area contributed by atoms with Crippen LogP contribution in [0.3, 0.4) is 0 Å². The highest BCUT2D eigenvalue weighted by molar-refractivity contribution is 5.73. The van der Waals surface area contributed by atoms with Crippen LogP contribution in [0.4, 0.5) is 0 Å². The van der Waals surface area contributed by atoms with Crippen molar-refractivity contribution in [1.82, 2.24) is 5.32 Å². The van der Waals surface area contributed by atoms with E-state index in [1.165, 1.54) is 103 Å². The first-order chi connectivity index (χ1) is 22.2. The largest absolute Gasteiger partial charge is 0.453 e. The number of β-amino-alcohol motifs (C(OH)–C–C–N with tert-alkyl or cyclic N) is 1. The summed E-state index contributed by atoms with van der Waals surface area (Å²) in [6.45, 7) is 10.9. The number of hydrogen-bond acceptors (Lipinski definition) is 5. The van der Waals surface area contributed by atoms with Crippen molar-refractivity contribution in [3.8, 4) is 17.2 Å². The van der Waals surface area contributed by atoms with Crippen molar-refractivity contribution in [3.63, 3.8) is 0 Å². The van der Waals surface area contributed by atoms with Crippen LogP contribution in [-0.2, 0) is 4.79 Å². The zero-order chi connectivity index (χ0) is 33.5. The Morgan fingerprint density at radius 1 is 0.696 bits per heavy atom. The van der Waals surface area contributed by atoms with Crippen molar-refractivity contribution in [2.45, 2.75) is 175 Å². The van der Waals surface area contributed by atoms with Crippen LogP contribution in [0.15, 0.2) is 42.5 Å². The molecule has 0 saturated carbocycles. The quantitative estimate of drug-likeness (QED) is 0.0610. The van der Waals surface area contributed by atoms with Gasteiger partial charge in [0.25, 0.3) is 0 Å². The maximum absolute atomic E-state index is 12.8. The lowest BCUT2D eigenvalue weighted by Gasteiger charge is -2.23. The lowest BCUT2D eigenvalue weighted by Crippen LogP contribution is -2.38. The van der Waals surface area contributed by atoms with Gasteiger partial charge in [0.05, 0.1) is 6.10 Å². The van der Waals surface area contributed by atoms with Gasteiger partial charge >= 0.3 is 5.97 Å². The van der Waals surface area contributed by atoms with E-state index in [1.54, 1.807) is 12.1 Å². The van der Waals surface area contributed by atoms with Gasteiger partial charge in [-0.2, -0.15) is 0 Å². The van der Waals surface area contributed by atoms with Gasteiger partial charge in [-0.15, -0.1) is 0 Å². The average Bonchev–Trinajstić information content (AvgIpc) is 3.02. The molecule has 0 aliphatic rings. The number of benzene rings is 2. The zero-order valence-corrected chi connectivity index (χ0v) is 30.1. The molecule has 5 nitrogen and oxygen atoms in total. The minimum Gasteiger partial charge on any atom is -0.453 e. The van der Waals surface area contributed by atoms with E-state index in [2.05, 4.69) is 33.0 Å². The van der Waals surface area contributed by atoms with Gasteiger partial charge in [0.2, 0.25) is 0 Å². The Hall–Kier alpha value is -2.37. The summed E-state index contributed by atoms with van der Waals surface area (Å²) in [5, 5.41) is 14.1. The molecule has 0 radical (unpaired) electrons. The second-order valence-corrected chi connectivity index (χ2v) is 14.4. The molecule has 0 amide bonds. The smallest absolute Gasteiger partial charge is 0.311 e. The molecule has 0 aliphatic heterocycles. The van der Waals surface area contributed by atoms with Crippen molar-refractivity contribution >= 4 is 5.97 Å². The Kier molecular flexibility index (Phi) is 20.7. The average molecular weight is 638 g/mol. The normalized spacial score (nSPS) is 12.3. The first-order valence-corrected chi connectivity index (χ1v) is 18.7. The monoisotopic (exact) mass is 638 g/mol. The number of ether oxygens (including phenoxy) is 2. The number of esters is 1. The van der Waals surface area contributed by atoms with E-state index in [1.807, 2.05) is 37.3 Å². The summed E-state index contributed by atoms with van der Waals surface area (Å²) in [5.74, 6) is 1.21. The van der Waals surface area contributed by atoms with Crippen LogP contribution < -0.4 is 14.8 Å². The van der Waals surface area contributed by atoms with Crippen LogP contribution in [0.5, 0.6) is 17.2 Å². The molecule has 2 aromatic rings. The summed E-state index contributed by atoms with van der Waals surface area (Å²) in [7, 11) is 0. The number of nitrogens with one attached hydrogen (secondary N) is 1. The number of carbonyl (C=O) groups is 1. The van der Waals surface area contributed by atoms with Gasteiger partial charge in [-0.25, -0.2) is 0 Å². The zero-order valence-electron chi connectivity index (χ0n) is 30.1. The van der Waals surface area contributed by atoms with Crippen LogP contribution in [0.2, 0.25) is 0 Å². The first kappa shape index (κ1) is 39.8. The van der Waals surface area contributed by atoms with Gasteiger partial charge in [-0.05, 0) is 63.9 Å². The lowest BCUT2D eigenvalue weighted by atomic mass is 10.0. The minimum absolute atomic E-state index is 0.114. The number of hydrogen-bond donors (Lipinski definition) is 2. The molecule has 2 aromatic carbocycles. The summed E-state index contributed by atoms with van der Waals surface area (Å²) in [6, 6.07) is 13.1. The number of aryl methyl sites for hydroxylation is 1.